The average Bonchev–Trinajstić information content (AvgIpc) is 3.90. The van der Waals surface area contributed by atoms with Crippen LogP contribution < -0.4 is 24.8 Å². The zero-order valence-electron chi connectivity index (χ0n) is 35.6. The summed E-state index contributed by atoms with van der Waals surface area (Å²) in [4.78, 5) is 70.0. The lowest BCUT2D eigenvalue weighted by molar-refractivity contribution is -0.136. The maximum Gasteiger partial charge on any atom is 0.320 e. The van der Waals surface area contributed by atoms with Crippen LogP contribution in [0, 0.1) is 12.7 Å². The quantitative estimate of drug-likeness (QED) is 0.198. The molecule has 5 aliphatic rings. The van der Waals surface area contributed by atoms with Crippen molar-refractivity contribution in [2.45, 2.75) is 51.3 Å². The van der Waals surface area contributed by atoms with Gasteiger partial charge in [0.05, 0.1) is 35.7 Å². The molecule has 0 bridgehead atoms. The van der Waals surface area contributed by atoms with Crippen LogP contribution in [0.2, 0.25) is 0 Å². The number of hydrogen-bond donors (Lipinski definition) is 1. The van der Waals surface area contributed by atoms with Crippen LogP contribution >= 0.6 is 0 Å². The van der Waals surface area contributed by atoms with Crippen LogP contribution in [-0.2, 0) is 20.9 Å². The molecule has 17 heteroatoms. The summed E-state index contributed by atoms with van der Waals surface area (Å²) >= 11 is 0. The van der Waals surface area contributed by atoms with Gasteiger partial charge in [-0.1, -0.05) is 35.9 Å². The number of piperidine rings is 2. The molecule has 1 unspecified atom stereocenters. The Balaban J connectivity index is 0.733. The lowest BCUT2D eigenvalue weighted by Gasteiger charge is -2.36. The number of aromatic nitrogens is 4. The van der Waals surface area contributed by atoms with Gasteiger partial charge in [0.1, 0.15) is 23.8 Å². The minimum atomic E-state index is -1.10. The largest absolute Gasteiger partial charge is 0.460 e. The molecule has 2 aromatic heterocycles. The Morgan fingerprint density at radius 2 is 1.50 bits per heavy atom. The van der Waals surface area contributed by atoms with E-state index in [0.29, 0.717) is 51.2 Å². The van der Waals surface area contributed by atoms with E-state index in [2.05, 4.69) is 69.4 Å². The van der Waals surface area contributed by atoms with E-state index in [9.17, 15) is 19.2 Å². The molecular weight excluding hydrogens is 820 g/mol. The highest BCUT2D eigenvalue weighted by Gasteiger charge is 2.45. The number of piperazine rings is 1. The molecule has 5 aliphatic heterocycles. The average molecular weight is 869 g/mol. The fraction of sp³-hybridized carbons (Fsp3) is 0.383. The Morgan fingerprint density at radius 1 is 0.766 bits per heavy atom. The second kappa shape index (κ2) is 17.4. The lowest BCUT2D eigenvalue weighted by Crippen LogP contribution is -2.54. The van der Waals surface area contributed by atoms with E-state index in [0.717, 1.165) is 79.3 Å². The molecule has 4 fully saturated rings. The van der Waals surface area contributed by atoms with Crippen LogP contribution in [0.15, 0.2) is 79.0 Å². The van der Waals surface area contributed by atoms with Crippen LogP contribution in [-0.4, -0.2) is 131 Å². The summed E-state index contributed by atoms with van der Waals surface area (Å²) in [6, 6.07) is 22.7. The Hall–Kier alpha value is -6.72. The summed E-state index contributed by atoms with van der Waals surface area (Å²) in [5, 5.41) is 7.05. The highest BCUT2D eigenvalue weighted by Crippen LogP contribution is 2.34. The molecular formula is C47H49FN10O6. The first kappa shape index (κ1) is 41.3. The maximum absolute atomic E-state index is 15.5. The molecule has 10 rings (SSSR count). The van der Waals surface area contributed by atoms with Gasteiger partial charge in [-0.3, -0.25) is 34.3 Å². The predicted octanol–water partition coefficient (Wildman–Crippen LogP) is 4.38. The van der Waals surface area contributed by atoms with E-state index in [4.69, 9.17) is 24.5 Å². The van der Waals surface area contributed by atoms with Crippen LogP contribution in [0.3, 0.4) is 0 Å². The van der Waals surface area contributed by atoms with Gasteiger partial charge in [0.25, 0.3) is 11.8 Å². The first-order valence-corrected chi connectivity index (χ1v) is 22.0. The molecule has 1 atom stereocenters. The molecule has 0 saturated carbocycles. The van der Waals surface area contributed by atoms with Crippen LogP contribution in [0.5, 0.6) is 6.01 Å². The van der Waals surface area contributed by atoms with Gasteiger partial charge in [0.15, 0.2) is 5.82 Å². The van der Waals surface area contributed by atoms with Crippen LogP contribution in [0.25, 0.3) is 17.1 Å². The number of carbonyl (C=O) groups is 4. The SMILES string of the molecule is Cc1cccc(-c2ccn(-c3cc(N4CCOCC4)nc(OC4CCN(c5ccc(CN6CCN(c7cc8c(cc7F)C(=O)N(C7CCC(=O)NC7=O)C8=O)CC6)cc5)CC4)n3)n2)c1. The summed E-state index contributed by atoms with van der Waals surface area (Å²) in [5.41, 5.74) is 5.67. The fourth-order valence-corrected chi connectivity index (χ4v) is 9.25. The summed E-state index contributed by atoms with van der Waals surface area (Å²) in [5.74, 6) is -1.67. The molecule has 4 saturated heterocycles. The van der Waals surface area contributed by atoms with E-state index in [1.807, 2.05) is 29.3 Å². The highest BCUT2D eigenvalue weighted by molar-refractivity contribution is 6.23. The number of aryl methyl sites for hydroxylation is 1. The van der Waals surface area contributed by atoms with Crippen LogP contribution in [0.1, 0.15) is 57.5 Å². The van der Waals surface area contributed by atoms with Crippen molar-refractivity contribution in [1.82, 2.24) is 34.9 Å². The van der Waals surface area contributed by atoms with Gasteiger partial charge >= 0.3 is 6.01 Å². The molecule has 0 radical (unpaired) electrons. The lowest BCUT2D eigenvalue weighted by atomic mass is 10.0. The molecule has 0 aliphatic carbocycles. The standard InChI is InChI=1S/C47H49FN10O6/c1-30-3-2-4-32(25-30)38-13-16-57(52-38)42-28-41(56-21-23-63-24-22-56)49-47(50-42)64-34-11-14-54(15-12-34)33-7-5-31(6-8-33)29-53-17-19-55(20-18-53)40-27-36-35(26-37(40)48)45(61)58(46(36)62)39-9-10-43(59)51-44(39)60/h2-8,13,16,25-28,34,39H,9-12,14-15,17-24,29H2,1H3,(H,51,59,60). The van der Waals surface area contributed by atoms with Gasteiger partial charge in [-0.2, -0.15) is 15.1 Å². The van der Waals surface area contributed by atoms with Crippen molar-refractivity contribution in [3.05, 3.63) is 107 Å². The van der Waals surface area contributed by atoms with E-state index in [-0.39, 0.29) is 35.8 Å². The van der Waals surface area contributed by atoms with Crippen molar-refractivity contribution in [1.29, 1.82) is 0 Å². The summed E-state index contributed by atoms with van der Waals surface area (Å²) in [7, 11) is 0. The molecule has 64 heavy (non-hydrogen) atoms. The number of benzene rings is 3. The normalized spacial score (nSPS) is 19.9. The Morgan fingerprint density at radius 3 is 2.23 bits per heavy atom. The summed E-state index contributed by atoms with van der Waals surface area (Å²) < 4.78 is 29.4. The smallest absolute Gasteiger partial charge is 0.320 e. The van der Waals surface area contributed by atoms with Crippen molar-refractivity contribution in [3.8, 4) is 23.1 Å². The molecule has 0 spiro atoms. The van der Waals surface area contributed by atoms with E-state index in [1.165, 1.54) is 17.2 Å². The number of nitrogens with one attached hydrogen (secondary N) is 1. The maximum atomic E-state index is 15.5. The van der Waals surface area contributed by atoms with Gasteiger partial charge in [0, 0.05) is 102 Å². The predicted molar refractivity (Wildman–Crippen MR) is 235 cm³/mol. The Labute approximate surface area is 369 Å². The third-order valence-electron chi connectivity index (χ3n) is 12.8. The van der Waals surface area contributed by atoms with E-state index >= 15 is 4.39 Å². The molecule has 4 amide bonds. The zero-order valence-corrected chi connectivity index (χ0v) is 35.6. The molecule has 5 aromatic rings. The molecule has 330 valence electrons. The minimum absolute atomic E-state index is 0.0170. The van der Waals surface area contributed by atoms with Crippen LogP contribution in [0.4, 0.5) is 21.6 Å². The monoisotopic (exact) mass is 868 g/mol. The topological polar surface area (TPSA) is 159 Å². The van der Waals surface area contributed by atoms with Crippen molar-refractivity contribution in [2.75, 3.05) is 80.3 Å². The highest BCUT2D eigenvalue weighted by atomic mass is 19.1. The number of ether oxygens (including phenoxy) is 2. The minimum Gasteiger partial charge on any atom is -0.460 e. The second-order valence-electron chi connectivity index (χ2n) is 17.0. The number of nitrogens with zero attached hydrogens (tertiary/aromatic N) is 9. The molecule has 16 nitrogen and oxygen atoms in total. The number of hydrogen-bond acceptors (Lipinski definition) is 13. The molecule has 3 aromatic carbocycles. The number of carbonyl (C=O) groups excluding carboxylic acids is 4. The van der Waals surface area contributed by atoms with Gasteiger partial charge in [-0.05, 0) is 55.3 Å². The Bertz CT molecular complexity index is 2600. The van der Waals surface area contributed by atoms with Gasteiger partial charge in [-0.25, -0.2) is 9.07 Å². The first-order chi connectivity index (χ1) is 31.1. The van der Waals surface area contributed by atoms with Gasteiger partial charge in [0.2, 0.25) is 11.8 Å². The number of anilines is 3. The van der Waals surface area contributed by atoms with Gasteiger partial charge < -0.3 is 24.2 Å². The van der Waals surface area contributed by atoms with E-state index < -0.39 is 35.5 Å². The zero-order chi connectivity index (χ0) is 43.9. The summed E-state index contributed by atoms with van der Waals surface area (Å²) in [6.45, 7) is 9.64. The first-order valence-electron chi connectivity index (χ1n) is 22.0. The number of rotatable bonds is 10. The second-order valence-corrected chi connectivity index (χ2v) is 17.0. The fourth-order valence-electron chi connectivity index (χ4n) is 9.25. The van der Waals surface area contributed by atoms with Gasteiger partial charge in [-0.15, -0.1) is 0 Å². The van der Waals surface area contributed by atoms with Crippen molar-refractivity contribution in [2.24, 2.45) is 0 Å². The van der Waals surface area contributed by atoms with Crippen molar-refractivity contribution >= 4 is 40.8 Å². The number of imide groups is 2. The number of fused-ring (bicyclic) bond motifs is 1. The third-order valence-corrected chi connectivity index (χ3v) is 12.8. The summed E-state index contributed by atoms with van der Waals surface area (Å²) in [6.07, 6.45) is 3.58. The number of amides is 4. The number of halogens is 1. The Kier molecular flexibility index (Phi) is 11.3. The van der Waals surface area contributed by atoms with Crippen molar-refractivity contribution < 1.29 is 33.0 Å². The third kappa shape index (κ3) is 8.40. The van der Waals surface area contributed by atoms with E-state index in [1.54, 1.807) is 4.68 Å². The molecule has 7 heterocycles. The van der Waals surface area contributed by atoms with Crippen molar-refractivity contribution in [3.63, 3.8) is 0 Å². The number of morpholine rings is 1. The molecule has 1 N–H and O–H groups in total.